The third-order valence-electron chi connectivity index (χ3n) is 4.22. The molecular formula is C16H25NO3S. The summed E-state index contributed by atoms with van der Waals surface area (Å²) >= 11 is 0. The molecule has 1 aliphatic heterocycles. The van der Waals surface area contributed by atoms with E-state index in [9.17, 15) is 8.42 Å². The third-order valence-corrected chi connectivity index (χ3v) is 6.07. The van der Waals surface area contributed by atoms with Crippen molar-refractivity contribution in [1.82, 2.24) is 4.31 Å². The van der Waals surface area contributed by atoms with Gasteiger partial charge in [0.1, 0.15) is 0 Å². The van der Waals surface area contributed by atoms with Gasteiger partial charge in [-0.05, 0) is 29.9 Å². The lowest BCUT2D eigenvalue weighted by molar-refractivity contribution is 0.262. The van der Waals surface area contributed by atoms with E-state index in [0.29, 0.717) is 19.0 Å². The first-order valence-electron chi connectivity index (χ1n) is 7.71. The first-order chi connectivity index (χ1) is 10.0. The molecule has 1 heterocycles. The summed E-state index contributed by atoms with van der Waals surface area (Å²) in [5.74, 6) is 0.738. The van der Waals surface area contributed by atoms with Crippen LogP contribution in [0.3, 0.4) is 0 Å². The number of hydrogen-bond donors (Lipinski definition) is 1. The van der Waals surface area contributed by atoms with Crippen LogP contribution in [-0.4, -0.2) is 30.9 Å². The molecule has 1 fully saturated rings. The summed E-state index contributed by atoms with van der Waals surface area (Å²) < 4.78 is 26.5. The zero-order valence-electron chi connectivity index (χ0n) is 12.7. The molecule has 0 amide bonds. The van der Waals surface area contributed by atoms with Crippen molar-refractivity contribution in [3.8, 4) is 0 Å². The number of nitrogens with zero attached hydrogens (tertiary/aromatic N) is 1. The van der Waals surface area contributed by atoms with Gasteiger partial charge in [-0.15, -0.1) is 0 Å². The Morgan fingerprint density at radius 1 is 1.14 bits per heavy atom. The van der Waals surface area contributed by atoms with E-state index in [1.807, 2.05) is 0 Å². The van der Waals surface area contributed by atoms with Crippen LogP contribution in [0, 0.1) is 5.92 Å². The standard InChI is InChI=1S/C16H25NO3S/c1-2-3-14-8-10-17(11-9-14)21(19,20)13-16-6-4-15(12-18)5-7-16/h4-7,14,18H,2-3,8-13H2,1H3. The van der Waals surface area contributed by atoms with Crippen LogP contribution in [0.4, 0.5) is 0 Å². The van der Waals surface area contributed by atoms with Gasteiger partial charge in [-0.3, -0.25) is 0 Å². The summed E-state index contributed by atoms with van der Waals surface area (Å²) in [5.41, 5.74) is 1.58. The Hall–Kier alpha value is -0.910. The Kier molecular flexibility index (Phi) is 5.79. The summed E-state index contributed by atoms with van der Waals surface area (Å²) in [6.07, 6.45) is 4.35. The highest BCUT2D eigenvalue weighted by atomic mass is 32.2. The van der Waals surface area contributed by atoms with Crippen LogP contribution in [0.25, 0.3) is 0 Å². The second-order valence-electron chi connectivity index (χ2n) is 5.86. The highest BCUT2D eigenvalue weighted by Crippen LogP contribution is 2.24. The van der Waals surface area contributed by atoms with Crippen LogP contribution >= 0.6 is 0 Å². The van der Waals surface area contributed by atoms with E-state index in [2.05, 4.69) is 6.92 Å². The van der Waals surface area contributed by atoms with Gasteiger partial charge in [-0.1, -0.05) is 44.0 Å². The van der Waals surface area contributed by atoms with Crippen LogP contribution in [0.2, 0.25) is 0 Å². The van der Waals surface area contributed by atoms with Gasteiger partial charge in [-0.2, -0.15) is 0 Å². The maximum atomic E-state index is 12.5. The van der Waals surface area contributed by atoms with E-state index >= 15 is 0 Å². The largest absolute Gasteiger partial charge is 0.392 e. The Bertz CT molecular complexity index is 531. The second-order valence-corrected chi connectivity index (χ2v) is 7.83. The number of hydrogen-bond acceptors (Lipinski definition) is 3. The molecule has 1 aromatic rings. The zero-order chi connectivity index (χ0) is 15.3. The van der Waals surface area contributed by atoms with Gasteiger partial charge in [0.25, 0.3) is 0 Å². The molecule has 21 heavy (non-hydrogen) atoms. The summed E-state index contributed by atoms with van der Waals surface area (Å²) in [5, 5.41) is 9.01. The number of rotatable bonds is 6. The molecule has 4 nitrogen and oxygen atoms in total. The van der Waals surface area contributed by atoms with E-state index in [0.717, 1.165) is 24.0 Å². The molecule has 0 aromatic heterocycles. The van der Waals surface area contributed by atoms with Gasteiger partial charge in [0.05, 0.1) is 12.4 Å². The molecule has 1 N–H and O–H groups in total. The third kappa shape index (κ3) is 4.53. The van der Waals surface area contributed by atoms with Crippen molar-refractivity contribution < 1.29 is 13.5 Å². The number of aliphatic hydroxyl groups excluding tert-OH is 1. The summed E-state index contributed by atoms with van der Waals surface area (Å²) in [6.45, 7) is 3.47. The maximum absolute atomic E-state index is 12.5. The SMILES string of the molecule is CCCC1CCN(S(=O)(=O)Cc2ccc(CO)cc2)CC1. The number of aliphatic hydroxyl groups is 1. The molecule has 0 aliphatic carbocycles. The van der Waals surface area contributed by atoms with Crippen molar-refractivity contribution in [1.29, 1.82) is 0 Å². The molecule has 0 radical (unpaired) electrons. The van der Waals surface area contributed by atoms with Crippen LogP contribution in [0.15, 0.2) is 24.3 Å². The Balaban J connectivity index is 1.95. The molecule has 0 atom stereocenters. The van der Waals surface area contributed by atoms with Crippen molar-refractivity contribution in [2.24, 2.45) is 5.92 Å². The lowest BCUT2D eigenvalue weighted by Crippen LogP contribution is -2.39. The molecule has 118 valence electrons. The molecule has 0 saturated carbocycles. The van der Waals surface area contributed by atoms with E-state index in [1.54, 1.807) is 28.6 Å². The van der Waals surface area contributed by atoms with Gasteiger partial charge in [0.2, 0.25) is 10.0 Å². The van der Waals surface area contributed by atoms with Crippen LogP contribution in [0.5, 0.6) is 0 Å². The predicted octanol–water partition coefficient (Wildman–Crippen LogP) is 2.52. The normalized spacial score (nSPS) is 18.0. The average Bonchev–Trinajstić information content (AvgIpc) is 2.48. The molecule has 0 unspecified atom stereocenters. The van der Waals surface area contributed by atoms with Gasteiger partial charge in [0.15, 0.2) is 0 Å². The van der Waals surface area contributed by atoms with Gasteiger partial charge in [-0.25, -0.2) is 12.7 Å². The molecule has 5 heteroatoms. The van der Waals surface area contributed by atoms with E-state index in [-0.39, 0.29) is 12.4 Å². The van der Waals surface area contributed by atoms with Gasteiger partial charge in [0, 0.05) is 13.1 Å². The maximum Gasteiger partial charge on any atom is 0.218 e. The smallest absolute Gasteiger partial charge is 0.218 e. The number of sulfonamides is 1. The number of benzene rings is 1. The highest BCUT2D eigenvalue weighted by Gasteiger charge is 2.27. The molecule has 0 spiro atoms. The lowest BCUT2D eigenvalue weighted by atomic mass is 9.94. The fraction of sp³-hybridized carbons (Fsp3) is 0.625. The quantitative estimate of drug-likeness (QED) is 0.878. The number of piperidine rings is 1. The Morgan fingerprint density at radius 2 is 1.71 bits per heavy atom. The summed E-state index contributed by atoms with van der Waals surface area (Å²) in [4.78, 5) is 0. The fourth-order valence-electron chi connectivity index (χ4n) is 2.93. The fourth-order valence-corrected chi connectivity index (χ4v) is 4.49. The predicted molar refractivity (Wildman–Crippen MR) is 84.2 cm³/mol. The Labute approximate surface area is 127 Å². The van der Waals surface area contributed by atoms with Crippen LogP contribution in [-0.2, 0) is 22.4 Å². The van der Waals surface area contributed by atoms with E-state index < -0.39 is 10.0 Å². The Morgan fingerprint density at radius 3 is 2.24 bits per heavy atom. The van der Waals surface area contributed by atoms with E-state index in [1.165, 1.54) is 12.8 Å². The summed E-state index contributed by atoms with van der Waals surface area (Å²) in [7, 11) is -3.22. The summed E-state index contributed by atoms with van der Waals surface area (Å²) in [6, 6.07) is 7.12. The first-order valence-corrected chi connectivity index (χ1v) is 9.32. The molecule has 1 aliphatic rings. The minimum atomic E-state index is -3.22. The minimum absolute atomic E-state index is 0.0159. The van der Waals surface area contributed by atoms with E-state index in [4.69, 9.17) is 5.11 Å². The first kappa shape index (κ1) is 16.5. The highest BCUT2D eigenvalue weighted by molar-refractivity contribution is 7.88. The molecule has 2 rings (SSSR count). The van der Waals surface area contributed by atoms with Crippen LogP contribution < -0.4 is 0 Å². The average molecular weight is 311 g/mol. The van der Waals surface area contributed by atoms with Crippen molar-refractivity contribution in [3.05, 3.63) is 35.4 Å². The minimum Gasteiger partial charge on any atom is -0.392 e. The van der Waals surface area contributed by atoms with Gasteiger partial charge < -0.3 is 5.11 Å². The molecule has 1 saturated heterocycles. The van der Waals surface area contributed by atoms with Crippen molar-refractivity contribution in [3.63, 3.8) is 0 Å². The molecule has 0 bridgehead atoms. The molecule has 1 aromatic carbocycles. The van der Waals surface area contributed by atoms with Crippen molar-refractivity contribution in [2.45, 2.75) is 45.0 Å². The lowest BCUT2D eigenvalue weighted by Gasteiger charge is -2.31. The van der Waals surface area contributed by atoms with Gasteiger partial charge >= 0.3 is 0 Å². The van der Waals surface area contributed by atoms with Crippen LogP contribution in [0.1, 0.15) is 43.7 Å². The second kappa shape index (κ2) is 7.38. The molecular weight excluding hydrogens is 286 g/mol. The topological polar surface area (TPSA) is 57.6 Å². The monoisotopic (exact) mass is 311 g/mol. The van der Waals surface area contributed by atoms with Crippen molar-refractivity contribution in [2.75, 3.05) is 13.1 Å². The zero-order valence-corrected chi connectivity index (χ0v) is 13.5. The van der Waals surface area contributed by atoms with Crippen molar-refractivity contribution >= 4 is 10.0 Å².